The van der Waals surface area contributed by atoms with Gasteiger partial charge in [0.15, 0.2) is 11.5 Å². The Balaban J connectivity index is 1.69. The van der Waals surface area contributed by atoms with Gasteiger partial charge in [-0.3, -0.25) is 4.79 Å². The number of nitriles is 1. The van der Waals surface area contributed by atoms with Crippen LogP contribution in [0.4, 0.5) is 17.2 Å². The molecule has 0 saturated carbocycles. The molecule has 3 aromatic rings. The minimum Gasteiger partial charge on any atom is -0.493 e. The summed E-state index contributed by atoms with van der Waals surface area (Å²) >= 11 is 0. The van der Waals surface area contributed by atoms with Gasteiger partial charge in [0.25, 0.3) is 5.91 Å². The number of rotatable bonds is 6. The first-order valence-electron chi connectivity index (χ1n) is 8.25. The van der Waals surface area contributed by atoms with Crippen LogP contribution in [-0.2, 0) is 0 Å². The predicted molar refractivity (Wildman–Crippen MR) is 104 cm³/mol. The Morgan fingerprint density at radius 3 is 2.50 bits per heavy atom. The van der Waals surface area contributed by atoms with Crippen LogP contribution in [0.15, 0.2) is 54.9 Å². The van der Waals surface area contributed by atoms with Gasteiger partial charge in [0.05, 0.1) is 38.2 Å². The van der Waals surface area contributed by atoms with Gasteiger partial charge in [-0.15, -0.1) is 0 Å². The predicted octanol–water partition coefficient (Wildman–Crippen LogP) is 3.36. The van der Waals surface area contributed by atoms with E-state index < -0.39 is 5.91 Å². The largest absolute Gasteiger partial charge is 0.493 e. The summed E-state index contributed by atoms with van der Waals surface area (Å²) in [5, 5.41) is 14.7. The molecule has 0 bridgehead atoms. The molecule has 2 N–H and O–H groups in total. The zero-order chi connectivity index (χ0) is 19.9. The minimum absolute atomic E-state index is 0.153. The van der Waals surface area contributed by atoms with E-state index in [9.17, 15) is 4.79 Å². The standard InChI is InChI=1S/C20H17N5O3/c1-27-17-7-6-15(9-18(17)28-2)24-19-12-22-16(11-23-19)20(26)25-14-5-3-4-13(8-14)10-21/h3-9,11-12H,1-2H3,(H,23,24)(H,25,26). The second-order valence-electron chi connectivity index (χ2n) is 5.63. The molecule has 1 heterocycles. The van der Waals surface area contributed by atoms with Gasteiger partial charge in [-0.25, -0.2) is 9.97 Å². The highest BCUT2D eigenvalue weighted by Gasteiger charge is 2.10. The molecule has 2 aromatic carbocycles. The van der Waals surface area contributed by atoms with E-state index in [-0.39, 0.29) is 5.69 Å². The lowest BCUT2D eigenvalue weighted by Gasteiger charge is -2.11. The summed E-state index contributed by atoms with van der Waals surface area (Å²) in [4.78, 5) is 20.6. The van der Waals surface area contributed by atoms with Crippen molar-refractivity contribution in [1.82, 2.24) is 9.97 Å². The Labute approximate surface area is 161 Å². The van der Waals surface area contributed by atoms with Gasteiger partial charge in [-0.2, -0.15) is 5.26 Å². The summed E-state index contributed by atoms with van der Waals surface area (Å²) in [6.45, 7) is 0. The minimum atomic E-state index is -0.416. The number of carbonyl (C=O) groups excluding carboxylic acids is 1. The molecule has 0 spiro atoms. The van der Waals surface area contributed by atoms with Gasteiger partial charge in [0.2, 0.25) is 0 Å². The number of ether oxygens (including phenoxy) is 2. The summed E-state index contributed by atoms with van der Waals surface area (Å²) in [6, 6.07) is 14.0. The highest BCUT2D eigenvalue weighted by molar-refractivity contribution is 6.02. The van der Waals surface area contributed by atoms with E-state index >= 15 is 0 Å². The quantitative estimate of drug-likeness (QED) is 0.680. The van der Waals surface area contributed by atoms with Crippen molar-refractivity contribution in [1.29, 1.82) is 5.26 Å². The van der Waals surface area contributed by atoms with Crippen LogP contribution < -0.4 is 20.1 Å². The van der Waals surface area contributed by atoms with E-state index in [2.05, 4.69) is 20.6 Å². The van der Waals surface area contributed by atoms with Crippen LogP contribution in [0.25, 0.3) is 0 Å². The Bertz CT molecular complexity index is 1030. The second kappa shape index (κ2) is 8.51. The highest BCUT2D eigenvalue weighted by Crippen LogP contribution is 2.30. The maximum absolute atomic E-state index is 12.3. The fraction of sp³-hybridized carbons (Fsp3) is 0.100. The number of carbonyl (C=O) groups is 1. The topological polar surface area (TPSA) is 109 Å². The zero-order valence-corrected chi connectivity index (χ0v) is 15.3. The number of hydrogen-bond acceptors (Lipinski definition) is 7. The summed E-state index contributed by atoms with van der Waals surface area (Å²) in [7, 11) is 3.12. The molecular weight excluding hydrogens is 358 g/mol. The normalized spacial score (nSPS) is 9.89. The summed E-state index contributed by atoms with van der Waals surface area (Å²) < 4.78 is 10.5. The Morgan fingerprint density at radius 1 is 1.00 bits per heavy atom. The van der Waals surface area contributed by atoms with Crippen molar-refractivity contribution in [3.05, 3.63) is 66.1 Å². The molecule has 0 saturated heterocycles. The number of amides is 1. The van der Waals surface area contributed by atoms with E-state index in [0.29, 0.717) is 28.6 Å². The molecule has 0 aliphatic carbocycles. The molecule has 0 aliphatic heterocycles. The number of aromatic nitrogens is 2. The lowest BCUT2D eigenvalue weighted by molar-refractivity contribution is 0.102. The average molecular weight is 375 g/mol. The van der Waals surface area contributed by atoms with Crippen LogP contribution in [-0.4, -0.2) is 30.1 Å². The van der Waals surface area contributed by atoms with Crippen LogP contribution in [0, 0.1) is 11.3 Å². The average Bonchev–Trinajstić information content (AvgIpc) is 2.74. The highest BCUT2D eigenvalue weighted by atomic mass is 16.5. The number of anilines is 3. The molecule has 0 radical (unpaired) electrons. The number of benzene rings is 2. The molecule has 0 aliphatic rings. The van der Waals surface area contributed by atoms with E-state index in [1.54, 1.807) is 50.6 Å². The van der Waals surface area contributed by atoms with E-state index in [0.717, 1.165) is 5.69 Å². The van der Waals surface area contributed by atoms with Crippen molar-refractivity contribution in [3.63, 3.8) is 0 Å². The van der Waals surface area contributed by atoms with Crippen molar-refractivity contribution in [2.24, 2.45) is 0 Å². The maximum Gasteiger partial charge on any atom is 0.275 e. The lowest BCUT2D eigenvalue weighted by atomic mass is 10.2. The molecule has 0 unspecified atom stereocenters. The van der Waals surface area contributed by atoms with Gasteiger partial charge in [-0.05, 0) is 30.3 Å². The van der Waals surface area contributed by atoms with Crippen molar-refractivity contribution >= 4 is 23.1 Å². The number of methoxy groups -OCH3 is 2. The molecule has 0 fully saturated rings. The van der Waals surface area contributed by atoms with Crippen LogP contribution >= 0.6 is 0 Å². The number of hydrogen-bond donors (Lipinski definition) is 2. The SMILES string of the molecule is COc1ccc(Nc2cnc(C(=O)Nc3cccc(C#N)c3)cn2)cc1OC. The van der Waals surface area contributed by atoms with E-state index in [1.807, 2.05) is 12.1 Å². The third-order valence-corrected chi connectivity index (χ3v) is 3.79. The van der Waals surface area contributed by atoms with Gasteiger partial charge in [0, 0.05) is 17.4 Å². The Kier molecular flexibility index (Phi) is 5.67. The van der Waals surface area contributed by atoms with Gasteiger partial charge >= 0.3 is 0 Å². The van der Waals surface area contributed by atoms with Crippen LogP contribution in [0.3, 0.4) is 0 Å². The monoisotopic (exact) mass is 375 g/mol. The Morgan fingerprint density at radius 2 is 1.82 bits per heavy atom. The number of nitrogens with one attached hydrogen (secondary N) is 2. The Hall–Kier alpha value is -4.12. The first-order chi connectivity index (χ1) is 13.6. The van der Waals surface area contributed by atoms with Crippen molar-refractivity contribution < 1.29 is 14.3 Å². The summed E-state index contributed by atoms with van der Waals surface area (Å²) in [5.74, 6) is 1.25. The molecule has 28 heavy (non-hydrogen) atoms. The molecule has 140 valence electrons. The molecule has 8 nitrogen and oxygen atoms in total. The fourth-order valence-electron chi connectivity index (χ4n) is 2.43. The first kappa shape index (κ1) is 18.7. The smallest absolute Gasteiger partial charge is 0.275 e. The molecule has 8 heteroatoms. The molecule has 1 aromatic heterocycles. The molecule has 3 rings (SSSR count). The van der Waals surface area contributed by atoms with Crippen molar-refractivity contribution in [2.45, 2.75) is 0 Å². The number of nitrogens with zero attached hydrogens (tertiary/aromatic N) is 3. The zero-order valence-electron chi connectivity index (χ0n) is 15.3. The maximum atomic E-state index is 12.3. The van der Waals surface area contributed by atoms with Crippen molar-refractivity contribution in [3.8, 4) is 17.6 Å². The summed E-state index contributed by atoms with van der Waals surface area (Å²) in [5.41, 5.74) is 1.86. The molecule has 0 atom stereocenters. The third kappa shape index (κ3) is 4.34. The van der Waals surface area contributed by atoms with Crippen LogP contribution in [0.1, 0.15) is 16.1 Å². The van der Waals surface area contributed by atoms with Crippen LogP contribution in [0.2, 0.25) is 0 Å². The second-order valence-corrected chi connectivity index (χ2v) is 5.63. The van der Waals surface area contributed by atoms with E-state index in [1.165, 1.54) is 12.4 Å². The van der Waals surface area contributed by atoms with Crippen molar-refractivity contribution in [2.75, 3.05) is 24.9 Å². The third-order valence-electron chi connectivity index (χ3n) is 3.79. The van der Waals surface area contributed by atoms with E-state index in [4.69, 9.17) is 14.7 Å². The van der Waals surface area contributed by atoms with Gasteiger partial charge < -0.3 is 20.1 Å². The van der Waals surface area contributed by atoms with Gasteiger partial charge in [-0.1, -0.05) is 6.07 Å². The first-order valence-corrected chi connectivity index (χ1v) is 8.25. The lowest BCUT2D eigenvalue weighted by Crippen LogP contribution is -2.14. The van der Waals surface area contributed by atoms with Gasteiger partial charge in [0.1, 0.15) is 11.5 Å². The summed E-state index contributed by atoms with van der Waals surface area (Å²) in [6.07, 6.45) is 2.82. The fourth-order valence-corrected chi connectivity index (χ4v) is 2.43. The molecule has 1 amide bonds. The molecular formula is C20H17N5O3. The van der Waals surface area contributed by atoms with Crippen LogP contribution in [0.5, 0.6) is 11.5 Å².